The third kappa shape index (κ3) is 4.92. The van der Waals surface area contributed by atoms with E-state index in [2.05, 4.69) is 21.2 Å². The van der Waals surface area contributed by atoms with Gasteiger partial charge in [-0.05, 0) is 45.8 Å². The zero-order valence-electron chi connectivity index (χ0n) is 15.1. The average molecular weight is 474 g/mol. The number of hydrogen-bond acceptors (Lipinski definition) is 8. The van der Waals surface area contributed by atoms with Gasteiger partial charge in [0, 0.05) is 16.6 Å². The van der Waals surface area contributed by atoms with Gasteiger partial charge in [-0.3, -0.25) is 14.9 Å². The number of nitro groups is 1. The highest BCUT2D eigenvalue weighted by Gasteiger charge is 2.17. The maximum Gasteiger partial charge on any atom is 0.349 e. The SMILES string of the molecule is N#CC(=Cc1ccc2c(c1)OCO2)C(=O)OCC(=O)Nc1ccc([N+](=O)[O-])cc1Br. The van der Waals surface area contributed by atoms with Gasteiger partial charge in [-0.25, -0.2) is 4.79 Å². The van der Waals surface area contributed by atoms with E-state index in [1.807, 2.05) is 0 Å². The molecule has 0 atom stereocenters. The maximum absolute atomic E-state index is 12.1. The van der Waals surface area contributed by atoms with Gasteiger partial charge in [-0.1, -0.05) is 6.07 Å². The molecule has 3 rings (SSSR count). The number of rotatable bonds is 6. The molecule has 2 aromatic rings. The summed E-state index contributed by atoms with van der Waals surface area (Å²) < 4.78 is 15.6. The van der Waals surface area contributed by atoms with Crippen LogP contribution in [0.5, 0.6) is 11.5 Å². The highest BCUT2D eigenvalue weighted by molar-refractivity contribution is 9.10. The number of nitriles is 1. The lowest BCUT2D eigenvalue weighted by Gasteiger charge is -2.08. The second-order valence-electron chi connectivity index (χ2n) is 5.83. The lowest BCUT2D eigenvalue weighted by molar-refractivity contribution is -0.384. The number of amides is 1. The zero-order chi connectivity index (χ0) is 21.7. The van der Waals surface area contributed by atoms with E-state index in [0.29, 0.717) is 17.1 Å². The lowest BCUT2D eigenvalue weighted by atomic mass is 10.1. The van der Waals surface area contributed by atoms with E-state index in [1.54, 1.807) is 24.3 Å². The van der Waals surface area contributed by atoms with Crippen molar-refractivity contribution in [2.75, 3.05) is 18.7 Å². The van der Waals surface area contributed by atoms with Gasteiger partial charge >= 0.3 is 5.97 Å². The summed E-state index contributed by atoms with van der Waals surface area (Å²) in [6, 6.07) is 10.4. The van der Waals surface area contributed by atoms with E-state index in [4.69, 9.17) is 14.2 Å². The van der Waals surface area contributed by atoms with Crippen LogP contribution in [0.1, 0.15) is 5.56 Å². The fourth-order valence-electron chi connectivity index (χ4n) is 2.42. The van der Waals surface area contributed by atoms with Crippen molar-refractivity contribution in [2.24, 2.45) is 0 Å². The van der Waals surface area contributed by atoms with Crippen molar-refractivity contribution in [3.63, 3.8) is 0 Å². The summed E-state index contributed by atoms with van der Waals surface area (Å²) in [4.78, 5) is 34.3. The highest BCUT2D eigenvalue weighted by atomic mass is 79.9. The van der Waals surface area contributed by atoms with Crippen molar-refractivity contribution in [3.8, 4) is 17.6 Å². The number of nitrogens with zero attached hydrogens (tertiary/aromatic N) is 2. The Kier molecular flexibility index (Phi) is 6.29. The van der Waals surface area contributed by atoms with E-state index in [-0.39, 0.29) is 28.2 Å². The Morgan fingerprint density at radius 1 is 1.27 bits per heavy atom. The molecule has 0 bridgehead atoms. The van der Waals surface area contributed by atoms with Crippen LogP contribution in [0.25, 0.3) is 6.08 Å². The summed E-state index contributed by atoms with van der Waals surface area (Å²) in [5.41, 5.74) is 0.321. The Morgan fingerprint density at radius 3 is 2.73 bits per heavy atom. The van der Waals surface area contributed by atoms with Crippen molar-refractivity contribution in [3.05, 3.63) is 62.1 Å². The van der Waals surface area contributed by atoms with E-state index < -0.39 is 23.4 Å². The monoisotopic (exact) mass is 473 g/mol. The Hall–Kier alpha value is -3.91. The molecule has 0 radical (unpaired) electrons. The molecule has 2 aromatic carbocycles. The molecule has 152 valence electrons. The van der Waals surface area contributed by atoms with Crippen molar-refractivity contribution in [1.82, 2.24) is 0 Å². The van der Waals surface area contributed by atoms with Crippen LogP contribution in [0.4, 0.5) is 11.4 Å². The number of halogens is 1. The Bertz CT molecular complexity index is 1110. The number of fused-ring (bicyclic) bond motifs is 1. The molecular formula is C19H12BrN3O7. The van der Waals surface area contributed by atoms with Crippen LogP contribution in [0.15, 0.2) is 46.4 Å². The first-order valence-electron chi connectivity index (χ1n) is 8.29. The van der Waals surface area contributed by atoms with Gasteiger partial charge in [0.25, 0.3) is 11.6 Å². The number of benzene rings is 2. The molecule has 1 amide bonds. The molecule has 30 heavy (non-hydrogen) atoms. The minimum Gasteiger partial charge on any atom is -0.454 e. The van der Waals surface area contributed by atoms with E-state index in [9.17, 15) is 25.0 Å². The topological polar surface area (TPSA) is 141 Å². The van der Waals surface area contributed by atoms with Gasteiger partial charge in [0.05, 0.1) is 10.6 Å². The third-order valence-electron chi connectivity index (χ3n) is 3.82. The molecule has 10 nitrogen and oxygen atoms in total. The summed E-state index contributed by atoms with van der Waals surface area (Å²) >= 11 is 3.12. The van der Waals surface area contributed by atoms with E-state index in [1.165, 1.54) is 24.3 Å². The van der Waals surface area contributed by atoms with Gasteiger partial charge in [-0.15, -0.1) is 0 Å². The molecule has 1 N–H and O–H groups in total. The average Bonchev–Trinajstić information content (AvgIpc) is 3.19. The van der Waals surface area contributed by atoms with E-state index >= 15 is 0 Å². The predicted octanol–water partition coefficient (Wildman–Crippen LogP) is 3.17. The Balaban J connectivity index is 1.60. The summed E-state index contributed by atoms with van der Waals surface area (Å²) in [6.07, 6.45) is 1.30. The number of carbonyl (C=O) groups is 2. The van der Waals surface area contributed by atoms with Gasteiger partial charge in [-0.2, -0.15) is 5.26 Å². The first-order chi connectivity index (χ1) is 14.4. The number of esters is 1. The minimum absolute atomic E-state index is 0.0929. The predicted molar refractivity (Wildman–Crippen MR) is 107 cm³/mol. The molecule has 0 unspecified atom stereocenters. The van der Waals surface area contributed by atoms with Gasteiger partial charge in [0.2, 0.25) is 6.79 Å². The van der Waals surface area contributed by atoms with Gasteiger partial charge < -0.3 is 19.5 Å². The molecule has 0 saturated carbocycles. The van der Waals surface area contributed by atoms with Crippen LogP contribution in [0.3, 0.4) is 0 Å². The molecule has 1 aliphatic rings. The molecule has 0 aliphatic carbocycles. The van der Waals surface area contributed by atoms with Crippen LogP contribution in [-0.4, -0.2) is 30.2 Å². The lowest BCUT2D eigenvalue weighted by Crippen LogP contribution is -2.21. The molecular weight excluding hydrogens is 462 g/mol. The van der Waals surface area contributed by atoms with Crippen LogP contribution in [0, 0.1) is 21.4 Å². The van der Waals surface area contributed by atoms with Gasteiger partial charge in [0.15, 0.2) is 18.1 Å². The van der Waals surface area contributed by atoms with E-state index in [0.717, 1.165) is 0 Å². The summed E-state index contributed by atoms with van der Waals surface area (Å²) in [7, 11) is 0. The van der Waals surface area contributed by atoms with Crippen LogP contribution in [0.2, 0.25) is 0 Å². The normalized spacial score (nSPS) is 12.1. The number of hydrogen-bond donors (Lipinski definition) is 1. The summed E-state index contributed by atoms with van der Waals surface area (Å²) in [5.74, 6) is -0.615. The van der Waals surface area contributed by atoms with Crippen molar-refractivity contribution < 1.29 is 28.7 Å². The largest absolute Gasteiger partial charge is 0.454 e. The Morgan fingerprint density at radius 2 is 2.03 bits per heavy atom. The molecule has 11 heteroatoms. The first kappa shape index (κ1) is 20.8. The number of ether oxygens (including phenoxy) is 3. The number of anilines is 1. The molecule has 0 fully saturated rings. The fourth-order valence-corrected chi connectivity index (χ4v) is 2.89. The highest BCUT2D eigenvalue weighted by Crippen LogP contribution is 2.33. The molecule has 1 heterocycles. The Labute approximate surface area is 177 Å². The maximum atomic E-state index is 12.1. The number of nitro benzene ring substituents is 1. The standard InChI is InChI=1S/C19H12BrN3O7/c20-14-7-13(23(26)27)2-3-15(14)22-18(24)9-28-19(25)12(8-21)5-11-1-4-16-17(6-11)30-10-29-16/h1-7H,9-10H2,(H,22,24). The van der Waals surface area contributed by atoms with Crippen LogP contribution in [-0.2, 0) is 14.3 Å². The summed E-state index contributed by atoms with van der Waals surface area (Å²) in [5, 5.41) is 22.4. The number of carbonyl (C=O) groups excluding carboxylic acids is 2. The number of non-ortho nitro benzene ring substituents is 1. The van der Waals surface area contributed by atoms with Crippen molar-refractivity contribution in [2.45, 2.75) is 0 Å². The molecule has 0 saturated heterocycles. The molecule has 0 aromatic heterocycles. The smallest absolute Gasteiger partial charge is 0.349 e. The van der Waals surface area contributed by atoms with Crippen LogP contribution >= 0.6 is 15.9 Å². The number of nitrogens with one attached hydrogen (secondary N) is 1. The fraction of sp³-hybridized carbons (Fsp3) is 0.105. The van der Waals surface area contributed by atoms with Crippen molar-refractivity contribution >= 4 is 45.3 Å². The van der Waals surface area contributed by atoms with Crippen molar-refractivity contribution in [1.29, 1.82) is 5.26 Å². The third-order valence-corrected chi connectivity index (χ3v) is 4.48. The van der Waals surface area contributed by atoms with Crippen LogP contribution < -0.4 is 14.8 Å². The summed E-state index contributed by atoms with van der Waals surface area (Å²) in [6.45, 7) is -0.557. The zero-order valence-corrected chi connectivity index (χ0v) is 16.7. The molecule has 1 aliphatic heterocycles. The van der Waals surface area contributed by atoms with Gasteiger partial charge in [0.1, 0.15) is 11.6 Å². The second kappa shape index (κ2) is 9.06. The minimum atomic E-state index is -0.979. The molecule has 0 spiro atoms. The second-order valence-corrected chi connectivity index (χ2v) is 6.68. The quantitative estimate of drug-likeness (QED) is 0.221. The first-order valence-corrected chi connectivity index (χ1v) is 9.09.